The molecule has 1 aliphatic rings. The second kappa shape index (κ2) is 7.66. The highest BCUT2D eigenvalue weighted by molar-refractivity contribution is 6.32. The molecular formula is C16H22ClF3N2. The van der Waals surface area contributed by atoms with E-state index in [0.717, 1.165) is 51.5 Å². The minimum absolute atomic E-state index is 0.0446. The van der Waals surface area contributed by atoms with E-state index in [1.807, 2.05) is 0 Å². The Bertz CT molecular complexity index is 485. The standard InChI is InChI=1S/C16H22ClF3N2/c1-2-3-7-14(22-10-8-21-9-11-22)12-5-4-6-13(15(12)17)16(18,19)20/h4-6,14,21H,2-3,7-11H2,1H3/t14-/m0/s1. The summed E-state index contributed by atoms with van der Waals surface area (Å²) in [6.07, 6.45) is -1.59. The Morgan fingerprint density at radius 2 is 1.95 bits per heavy atom. The van der Waals surface area contributed by atoms with Gasteiger partial charge in [-0.15, -0.1) is 0 Å². The zero-order valence-corrected chi connectivity index (χ0v) is 13.5. The number of benzene rings is 1. The number of hydrogen-bond donors (Lipinski definition) is 1. The zero-order valence-electron chi connectivity index (χ0n) is 12.7. The summed E-state index contributed by atoms with van der Waals surface area (Å²) < 4.78 is 39.2. The van der Waals surface area contributed by atoms with Crippen molar-refractivity contribution >= 4 is 11.6 Å². The maximum absolute atomic E-state index is 13.1. The fourth-order valence-corrected chi connectivity index (χ4v) is 3.31. The van der Waals surface area contributed by atoms with Gasteiger partial charge in [-0.1, -0.05) is 43.5 Å². The summed E-state index contributed by atoms with van der Waals surface area (Å²) in [5.74, 6) is 0. The normalized spacial score (nSPS) is 18.4. The van der Waals surface area contributed by atoms with Crippen LogP contribution in [-0.2, 0) is 6.18 Å². The lowest BCUT2D eigenvalue weighted by atomic mass is 9.96. The molecule has 0 amide bonds. The highest BCUT2D eigenvalue weighted by atomic mass is 35.5. The summed E-state index contributed by atoms with van der Waals surface area (Å²) in [5.41, 5.74) is -0.129. The van der Waals surface area contributed by atoms with Gasteiger partial charge in [-0.05, 0) is 18.1 Å². The van der Waals surface area contributed by atoms with Crippen LogP contribution in [0.5, 0.6) is 0 Å². The molecule has 1 aromatic rings. The third-order valence-corrected chi connectivity index (χ3v) is 4.54. The van der Waals surface area contributed by atoms with E-state index in [1.54, 1.807) is 6.07 Å². The van der Waals surface area contributed by atoms with E-state index >= 15 is 0 Å². The van der Waals surface area contributed by atoms with Crippen LogP contribution in [0.2, 0.25) is 5.02 Å². The second-order valence-corrected chi connectivity index (χ2v) is 6.03. The van der Waals surface area contributed by atoms with E-state index in [9.17, 15) is 13.2 Å². The van der Waals surface area contributed by atoms with Crippen LogP contribution in [0.25, 0.3) is 0 Å². The van der Waals surface area contributed by atoms with E-state index in [2.05, 4.69) is 17.1 Å². The van der Waals surface area contributed by atoms with Crippen LogP contribution in [0.3, 0.4) is 0 Å². The SMILES string of the molecule is CCCC[C@@H](c1cccc(C(F)(F)F)c1Cl)N1CCNCC1. The largest absolute Gasteiger partial charge is 0.417 e. The van der Waals surface area contributed by atoms with Gasteiger partial charge in [0.15, 0.2) is 0 Å². The first-order chi connectivity index (χ1) is 10.4. The van der Waals surface area contributed by atoms with Gasteiger partial charge in [-0.2, -0.15) is 13.2 Å². The number of nitrogens with zero attached hydrogens (tertiary/aromatic N) is 1. The Balaban J connectivity index is 2.34. The van der Waals surface area contributed by atoms with Crippen LogP contribution >= 0.6 is 11.6 Å². The van der Waals surface area contributed by atoms with Crippen molar-refractivity contribution in [3.8, 4) is 0 Å². The molecule has 124 valence electrons. The Kier molecular flexibility index (Phi) is 6.12. The quantitative estimate of drug-likeness (QED) is 0.853. The van der Waals surface area contributed by atoms with Gasteiger partial charge in [0, 0.05) is 32.2 Å². The lowest BCUT2D eigenvalue weighted by Gasteiger charge is -2.36. The number of halogens is 4. The molecule has 2 nitrogen and oxygen atoms in total. The van der Waals surface area contributed by atoms with Crippen LogP contribution in [0.4, 0.5) is 13.2 Å². The highest BCUT2D eigenvalue weighted by Crippen LogP contribution is 2.40. The van der Waals surface area contributed by atoms with E-state index in [4.69, 9.17) is 11.6 Å². The van der Waals surface area contributed by atoms with Gasteiger partial charge in [0.25, 0.3) is 0 Å². The van der Waals surface area contributed by atoms with Crippen molar-refractivity contribution in [3.05, 3.63) is 34.3 Å². The molecule has 1 atom stereocenters. The molecular weight excluding hydrogens is 313 g/mol. The fourth-order valence-electron chi connectivity index (χ4n) is 2.95. The molecule has 1 aromatic carbocycles. The van der Waals surface area contributed by atoms with Gasteiger partial charge in [0.2, 0.25) is 0 Å². The maximum atomic E-state index is 13.1. The molecule has 0 unspecified atom stereocenters. The monoisotopic (exact) mass is 334 g/mol. The lowest BCUT2D eigenvalue weighted by Crippen LogP contribution is -2.45. The molecule has 1 fully saturated rings. The smallest absolute Gasteiger partial charge is 0.314 e. The molecule has 1 N–H and O–H groups in total. The van der Waals surface area contributed by atoms with Gasteiger partial charge in [0.05, 0.1) is 10.6 Å². The minimum atomic E-state index is -4.41. The molecule has 0 saturated carbocycles. The first kappa shape index (κ1) is 17.6. The number of rotatable bonds is 5. The summed E-state index contributed by atoms with van der Waals surface area (Å²) in [7, 11) is 0. The molecule has 1 heterocycles. The number of alkyl halides is 3. The minimum Gasteiger partial charge on any atom is -0.314 e. The average molecular weight is 335 g/mol. The van der Waals surface area contributed by atoms with Crippen LogP contribution in [0.15, 0.2) is 18.2 Å². The average Bonchev–Trinajstić information content (AvgIpc) is 2.49. The molecule has 0 aliphatic carbocycles. The van der Waals surface area contributed by atoms with Crippen molar-refractivity contribution in [2.24, 2.45) is 0 Å². The molecule has 0 radical (unpaired) electrons. The first-order valence-corrected chi connectivity index (χ1v) is 8.13. The molecule has 0 spiro atoms. The number of nitrogens with one attached hydrogen (secondary N) is 1. The molecule has 0 aromatic heterocycles. The fraction of sp³-hybridized carbons (Fsp3) is 0.625. The Morgan fingerprint density at radius 3 is 2.55 bits per heavy atom. The molecule has 1 aliphatic heterocycles. The van der Waals surface area contributed by atoms with Crippen LogP contribution in [0.1, 0.15) is 43.4 Å². The summed E-state index contributed by atoms with van der Waals surface area (Å²) in [5, 5.41) is 3.13. The van der Waals surface area contributed by atoms with Crippen molar-refractivity contribution < 1.29 is 13.2 Å². The highest BCUT2D eigenvalue weighted by Gasteiger charge is 2.35. The molecule has 0 bridgehead atoms. The van der Waals surface area contributed by atoms with Crippen molar-refractivity contribution in [2.45, 2.75) is 38.4 Å². The van der Waals surface area contributed by atoms with Gasteiger partial charge in [-0.3, -0.25) is 4.90 Å². The summed E-state index contributed by atoms with van der Waals surface area (Å²) in [4.78, 5) is 2.24. The van der Waals surface area contributed by atoms with E-state index < -0.39 is 11.7 Å². The van der Waals surface area contributed by atoms with Crippen molar-refractivity contribution in [1.29, 1.82) is 0 Å². The maximum Gasteiger partial charge on any atom is 0.417 e. The van der Waals surface area contributed by atoms with Gasteiger partial charge >= 0.3 is 6.18 Å². The van der Waals surface area contributed by atoms with Crippen molar-refractivity contribution in [2.75, 3.05) is 26.2 Å². The van der Waals surface area contributed by atoms with Gasteiger partial charge in [-0.25, -0.2) is 0 Å². The summed E-state index contributed by atoms with van der Waals surface area (Å²) in [6, 6.07) is 4.21. The summed E-state index contributed by atoms with van der Waals surface area (Å²) >= 11 is 6.12. The summed E-state index contributed by atoms with van der Waals surface area (Å²) in [6.45, 7) is 5.48. The Labute approximate surface area is 134 Å². The van der Waals surface area contributed by atoms with E-state index in [1.165, 1.54) is 6.07 Å². The molecule has 1 saturated heterocycles. The predicted molar refractivity (Wildman–Crippen MR) is 83.2 cm³/mol. The van der Waals surface area contributed by atoms with Crippen LogP contribution < -0.4 is 5.32 Å². The molecule has 6 heteroatoms. The Hall–Kier alpha value is -0.780. The number of piperazine rings is 1. The topological polar surface area (TPSA) is 15.3 Å². The van der Waals surface area contributed by atoms with Crippen LogP contribution in [-0.4, -0.2) is 31.1 Å². The van der Waals surface area contributed by atoms with E-state index in [0.29, 0.717) is 5.56 Å². The molecule has 22 heavy (non-hydrogen) atoms. The first-order valence-electron chi connectivity index (χ1n) is 7.75. The lowest BCUT2D eigenvalue weighted by molar-refractivity contribution is -0.137. The zero-order chi connectivity index (χ0) is 16.2. The second-order valence-electron chi connectivity index (χ2n) is 5.65. The van der Waals surface area contributed by atoms with Crippen molar-refractivity contribution in [3.63, 3.8) is 0 Å². The van der Waals surface area contributed by atoms with Gasteiger partial charge < -0.3 is 5.32 Å². The number of hydrogen-bond acceptors (Lipinski definition) is 2. The third-order valence-electron chi connectivity index (χ3n) is 4.12. The Morgan fingerprint density at radius 1 is 1.27 bits per heavy atom. The predicted octanol–water partition coefficient (Wildman–Crippen LogP) is 4.50. The van der Waals surface area contributed by atoms with E-state index in [-0.39, 0.29) is 11.1 Å². The number of unbranched alkanes of at least 4 members (excludes halogenated alkanes) is 1. The van der Waals surface area contributed by atoms with Crippen molar-refractivity contribution in [1.82, 2.24) is 10.2 Å². The third kappa shape index (κ3) is 4.15. The van der Waals surface area contributed by atoms with Gasteiger partial charge in [0.1, 0.15) is 0 Å². The molecule has 2 rings (SSSR count). The van der Waals surface area contributed by atoms with Crippen LogP contribution in [0, 0.1) is 0 Å².